The van der Waals surface area contributed by atoms with Gasteiger partial charge in [0.05, 0.1) is 18.8 Å². The van der Waals surface area contributed by atoms with Crippen molar-refractivity contribution in [1.82, 2.24) is 0 Å². The minimum absolute atomic E-state index is 0.0726. The number of hydrogen-bond acceptors (Lipinski definition) is 4. The highest BCUT2D eigenvalue weighted by Gasteiger charge is 2.26. The third kappa shape index (κ3) is 8.77. The van der Waals surface area contributed by atoms with Crippen molar-refractivity contribution in [2.45, 2.75) is 73.6 Å². The number of esters is 2. The Balaban J connectivity index is 5.35. The van der Waals surface area contributed by atoms with E-state index in [1.807, 2.05) is 41.5 Å². The van der Waals surface area contributed by atoms with Crippen LogP contribution in [0.3, 0.4) is 0 Å². The smallest absolute Gasteiger partial charge is 0.334 e. The molecule has 0 amide bonds. The van der Waals surface area contributed by atoms with Crippen molar-refractivity contribution in [2.24, 2.45) is 11.8 Å². The summed E-state index contributed by atoms with van der Waals surface area (Å²) in [5, 5.41) is 0. The molecular weight excluding hydrogens is 292 g/mol. The minimum Gasteiger partial charge on any atom is -0.462 e. The molecule has 0 aromatic rings. The molecule has 0 spiro atoms. The Morgan fingerprint density at radius 1 is 0.826 bits per heavy atom. The fraction of sp³-hybridized carbons (Fsp3) is 0.789. The molecule has 0 atom stereocenters. The number of carbonyl (C=O) groups excluding carboxylic acids is 2. The van der Waals surface area contributed by atoms with E-state index in [1.165, 1.54) is 0 Å². The van der Waals surface area contributed by atoms with Crippen molar-refractivity contribution in [3.8, 4) is 0 Å². The van der Waals surface area contributed by atoms with Crippen molar-refractivity contribution in [1.29, 1.82) is 0 Å². The third-order valence-corrected chi connectivity index (χ3v) is 3.44. The van der Waals surface area contributed by atoms with Gasteiger partial charge in [-0.3, -0.25) is 0 Å². The van der Waals surface area contributed by atoms with Gasteiger partial charge in [-0.2, -0.15) is 0 Å². The zero-order valence-electron chi connectivity index (χ0n) is 15.7. The molecule has 4 heteroatoms. The summed E-state index contributed by atoms with van der Waals surface area (Å²) >= 11 is 0. The van der Waals surface area contributed by atoms with Crippen LogP contribution in [0.2, 0.25) is 0 Å². The standard InChI is InChI=1S/C19H34O4/c1-7-9-11-22-18(20)16(13-14(3)4)17(15(5)6)19(21)23-12-10-8-2/h14-15H,7-13H2,1-6H3. The first-order chi connectivity index (χ1) is 10.8. The van der Waals surface area contributed by atoms with Gasteiger partial charge in [0.15, 0.2) is 0 Å². The Morgan fingerprint density at radius 2 is 1.30 bits per heavy atom. The van der Waals surface area contributed by atoms with Crippen LogP contribution < -0.4 is 0 Å². The predicted molar refractivity (Wildman–Crippen MR) is 93.1 cm³/mol. The second-order valence-electron chi connectivity index (χ2n) is 6.62. The fourth-order valence-corrected chi connectivity index (χ4v) is 2.20. The highest BCUT2D eigenvalue weighted by atomic mass is 16.5. The lowest BCUT2D eigenvalue weighted by atomic mass is 9.91. The molecule has 134 valence electrons. The van der Waals surface area contributed by atoms with Crippen LogP contribution in [0.1, 0.15) is 73.6 Å². The van der Waals surface area contributed by atoms with E-state index in [4.69, 9.17) is 9.47 Å². The molecule has 0 N–H and O–H groups in total. The molecule has 0 aliphatic carbocycles. The van der Waals surface area contributed by atoms with E-state index in [0.717, 1.165) is 25.7 Å². The third-order valence-electron chi connectivity index (χ3n) is 3.44. The highest BCUT2D eigenvalue weighted by molar-refractivity contribution is 6.00. The van der Waals surface area contributed by atoms with Gasteiger partial charge in [-0.05, 0) is 31.1 Å². The molecule has 0 aliphatic rings. The molecule has 0 saturated heterocycles. The lowest BCUT2D eigenvalue weighted by Crippen LogP contribution is -2.21. The molecule has 0 unspecified atom stereocenters. The zero-order chi connectivity index (χ0) is 17.8. The lowest BCUT2D eigenvalue weighted by Gasteiger charge is -2.18. The van der Waals surface area contributed by atoms with Gasteiger partial charge in [0.2, 0.25) is 0 Å². The van der Waals surface area contributed by atoms with Gasteiger partial charge in [0, 0.05) is 5.57 Å². The molecule has 23 heavy (non-hydrogen) atoms. The fourth-order valence-electron chi connectivity index (χ4n) is 2.20. The number of unbranched alkanes of at least 4 members (excludes halogenated alkanes) is 2. The maximum absolute atomic E-state index is 12.4. The molecule has 0 aliphatic heterocycles. The topological polar surface area (TPSA) is 52.6 Å². The second-order valence-corrected chi connectivity index (χ2v) is 6.62. The maximum atomic E-state index is 12.4. The monoisotopic (exact) mass is 326 g/mol. The molecule has 0 aromatic heterocycles. The first kappa shape index (κ1) is 21.7. The molecule has 0 rings (SSSR count). The highest BCUT2D eigenvalue weighted by Crippen LogP contribution is 2.24. The van der Waals surface area contributed by atoms with Crippen LogP contribution in [-0.4, -0.2) is 25.2 Å². The van der Waals surface area contributed by atoms with Crippen molar-refractivity contribution in [2.75, 3.05) is 13.2 Å². The first-order valence-electron chi connectivity index (χ1n) is 8.92. The van der Waals surface area contributed by atoms with Crippen LogP contribution in [0, 0.1) is 11.8 Å². The summed E-state index contributed by atoms with van der Waals surface area (Å²) < 4.78 is 10.7. The Morgan fingerprint density at radius 3 is 1.70 bits per heavy atom. The molecule has 0 heterocycles. The van der Waals surface area contributed by atoms with Crippen LogP contribution in [0.25, 0.3) is 0 Å². The van der Waals surface area contributed by atoms with Gasteiger partial charge in [-0.15, -0.1) is 0 Å². The summed E-state index contributed by atoms with van der Waals surface area (Å²) in [6, 6.07) is 0. The molecule has 0 fully saturated rings. The molecular formula is C19H34O4. The summed E-state index contributed by atoms with van der Waals surface area (Å²) in [7, 11) is 0. The van der Waals surface area contributed by atoms with Crippen LogP contribution in [-0.2, 0) is 19.1 Å². The average Bonchev–Trinajstić information content (AvgIpc) is 2.46. The van der Waals surface area contributed by atoms with Crippen molar-refractivity contribution < 1.29 is 19.1 Å². The number of carbonyl (C=O) groups is 2. The number of rotatable bonds is 11. The van der Waals surface area contributed by atoms with Crippen LogP contribution in [0.15, 0.2) is 11.1 Å². The number of hydrogen-bond donors (Lipinski definition) is 0. The Labute approximate surface area is 141 Å². The largest absolute Gasteiger partial charge is 0.462 e. The van der Waals surface area contributed by atoms with Crippen molar-refractivity contribution in [3.63, 3.8) is 0 Å². The molecule has 0 aromatic carbocycles. The van der Waals surface area contributed by atoms with Crippen LogP contribution in [0.5, 0.6) is 0 Å². The van der Waals surface area contributed by atoms with Crippen LogP contribution in [0.4, 0.5) is 0 Å². The van der Waals surface area contributed by atoms with Crippen molar-refractivity contribution >= 4 is 11.9 Å². The Kier molecular flexibility index (Phi) is 11.4. The summed E-state index contributed by atoms with van der Waals surface area (Å²) in [5.41, 5.74) is 0.948. The van der Waals surface area contributed by atoms with E-state index in [9.17, 15) is 9.59 Å². The summed E-state index contributed by atoms with van der Waals surface area (Å²) in [4.78, 5) is 24.9. The lowest BCUT2D eigenvalue weighted by molar-refractivity contribution is -0.143. The molecule has 0 radical (unpaired) electrons. The predicted octanol–water partition coefficient (Wildman–Crippen LogP) is 4.67. The van der Waals surface area contributed by atoms with Gasteiger partial charge < -0.3 is 9.47 Å². The number of ether oxygens (including phenoxy) is 2. The van der Waals surface area contributed by atoms with E-state index in [2.05, 4.69) is 0 Å². The van der Waals surface area contributed by atoms with E-state index < -0.39 is 0 Å². The summed E-state index contributed by atoms with van der Waals surface area (Å²) in [6.07, 6.45) is 4.12. The zero-order valence-corrected chi connectivity index (χ0v) is 15.7. The van der Waals surface area contributed by atoms with Gasteiger partial charge in [-0.25, -0.2) is 9.59 Å². The van der Waals surface area contributed by atoms with Gasteiger partial charge in [-0.1, -0.05) is 54.4 Å². The normalized spacial score (nSPS) is 12.3. The van der Waals surface area contributed by atoms with Gasteiger partial charge in [0.1, 0.15) is 0 Å². The van der Waals surface area contributed by atoms with Crippen molar-refractivity contribution in [3.05, 3.63) is 11.1 Å². The van der Waals surface area contributed by atoms with E-state index >= 15 is 0 Å². The van der Waals surface area contributed by atoms with E-state index in [0.29, 0.717) is 30.8 Å². The Hall–Kier alpha value is -1.32. The second kappa shape index (κ2) is 12.1. The quantitative estimate of drug-likeness (QED) is 0.314. The van der Waals surface area contributed by atoms with Gasteiger partial charge >= 0.3 is 11.9 Å². The molecule has 0 bridgehead atoms. The maximum Gasteiger partial charge on any atom is 0.334 e. The van der Waals surface area contributed by atoms with Crippen LogP contribution >= 0.6 is 0 Å². The summed E-state index contributed by atoms with van der Waals surface area (Å²) in [5.74, 6) is -0.558. The first-order valence-corrected chi connectivity index (χ1v) is 8.92. The molecule has 0 saturated carbocycles. The average molecular weight is 326 g/mol. The van der Waals surface area contributed by atoms with E-state index in [1.54, 1.807) is 0 Å². The van der Waals surface area contributed by atoms with E-state index in [-0.39, 0.29) is 23.8 Å². The minimum atomic E-state index is -0.378. The molecule has 4 nitrogen and oxygen atoms in total. The summed E-state index contributed by atoms with van der Waals surface area (Å²) in [6.45, 7) is 12.8. The SMILES string of the molecule is CCCCOC(=O)C(CC(C)C)=C(C(=O)OCCCC)C(C)C. The van der Waals surface area contributed by atoms with Gasteiger partial charge in [0.25, 0.3) is 0 Å². The Bertz CT molecular complexity index is 394.